The molecule has 0 aliphatic heterocycles. The van der Waals surface area contributed by atoms with Crippen molar-refractivity contribution < 1.29 is 30.4 Å². The van der Waals surface area contributed by atoms with Crippen LogP contribution in [0, 0.1) is 18.5 Å². The monoisotopic (exact) mass is 1080 g/mol. The van der Waals surface area contributed by atoms with Crippen molar-refractivity contribution in [1.82, 2.24) is 18.7 Å². The largest absolute Gasteiger partial charge is 0.510 e. The first-order chi connectivity index (χ1) is 32.6. The second kappa shape index (κ2) is 16.8. The minimum atomic E-state index is -2.35. The molecule has 12 aromatic rings. The third-order valence-electron chi connectivity index (χ3n) is 13.4. The van der Waals surface area contributed by atoms with Gasteiger partial charge in [-0.15, -0.1) is 29.7 Å². The van der Waals surface area contributed by atoms with Gasteiger partial charge in [-0.1, -0.05) is 166 Å². The zero-order valence-electron chi connectivity index (χ0n) is 38.4. The number of pyridine rings is 1. The first-order valence-electron chi connectivity index (χ1n) is 22.9. The van der Waals surface area contributed by atoms with Crippen LogP contribution in [-0.2, 0) is 26.5 Å². The zero-order chi connectivity index (χ0) is 45.4. The first-order valence-corrected chi connectivity index (χ1v) is 25.9. The van der Waals surface area contributed by atoms with E-state index in [1.165, 1.54) is 26.7 Å². The van der Waals surface area contributed by atoms with Gasteiger partial charge in [0.2, 0.25) is 0 Å². The maximum atomic E-state index is 6.71. The molecule has 8 aromatic carbocycles. The average Bonchev–Trinajstić information content (AvgIpc) is 4.02. The third kappa shape index (κ3) is 7.11. The fraction of sp³-hybridized carbons (Fsp3) is 0.100. The molecule has 0 saturated heterocycles. The van der Waals surface area contributed by atoms with Crippen LogP contribution < -0.4 is 19.7 Å². The van der Waals surface area contributed by atoms with Crippen LogP contribution in [0.15, 0.2) is 194 Å². The van der Waals surface area contributed by atoms with E-state index in [0.29, 0.717) is 11.5 Å². The molecule has 0 atom stereocenters. The first kappa shape index (κ1) is 43.3. The van der Waals surface area contributed by atoms with E-state index in [2.05, 4.69) is 240 Å². The smallest absolute Gasteiger partial charge is 0.268 e. The number of aromatic nitrogens is 5. The van der Waals surface area contributed by atoms with Crippen LogP contribution in [0.25, 0.3) is 77.5 Å². The summed E-state index contributed by atoms with van der Waals surface area (Å²) >= 11 is 0. The standard InChI is InChI=1S/C60H47N5OSi.Pt/c1-60(2,3)41-35-36-61-57(37-41)65-52-28-15-12-25-47(52)49-32-31-45(39-55(49)65)66-44-22-18-21-43(38-44)62-40-63(54-30-17-16-29-53(54)62)59-56(67(4,5)46-23-10-7-11-24-46)34-33-50-48-26-13-14-27-51(48)64(58(50)59)42-19-8-6-9-20-42;/h6-37H,1-5H3;/q-2;. The van der Waals surface area contributed by atoms with Crippen LogP contribution in [-0.4, -0.2) is 26.8 Å². The molecule has 0 aliphatic rings. The summed E-state index contributed by atoms with van der Waals surface area (Å²) < 4.78 is 15.8. The van der Waals surface area contributed by atoms with E-state index in [1.807, 2.05) is 24.4 Å². The summed E-state index contributed by atoms with van der Waals surface area (Å²) in [6.07, 6.45) is 5.81. The molecule has 0 unspecified atom stereocenters. The fourth-order valence-corrected chi connectivity index (χ4v) is 12.6. The second-order valence-corrected chi connectivity index (χ2v) is 23.3. The van der Waals surface area contributed by atoms with Gasteiger partial charge in [-0.25, -0.2) is 4.98 Å². The van der Waals surface area contributed by atoms with Crippen LogP contribution in [0.5, 0.6) is 11.5 Å². The van der Waals surface area contributed by atoms with Gasteiger partial charge in [0, 0.05) is 60.7 Å². The van der Waals surface area contributed by atoms with E-state index in [9.17, 15) is 0 Å². The molecule has 0 aliphatic carbocycles. The van der Waals surface area contributed by atoms with Gasteiger partial charge in [0.15, 0.2) is 0 Å². The maximum absolute atomic E-state index is 6.71. The summed E-state index contributed by atoms with van der Waals surface area (Å²) in [4.78, 5) is 4.87. The van der Waals surface area contributed by atoms with Gasteiger partial charge < -0.3 is 18.4 Å². The molecule has 0 N–H and O–H groups in total. The topological polar surface area (TPSA) is 40.8 Å². The predicted octanol–water partition coefficient (Wildman–Crippen LogP) is 12.8. The molecule has 0 spiro atoms. The summed E-state index contributed by atoms with van der Waals surface area (Å²) in [5.41, 5.74) is 10.5. The number of benzene rings is 8. The van der Waals surface area contributed by atoms with Crippen LogP contribution >= 0.6 is 0 Å². The van der Waals surface area contributed by atoms with Crippen molar-refractivity contribution >= 4 is 73.1 Å². The van der Waals surface area contributed by atoms with Gasteiger partial charge in [0.05, 0.1) is 27.8 Å². The third-order valence-corrected chi connectivity index (χ3v) is 16.9. The number of fused-ring (bicyclic) bond motifs is 7. The molecule has 4 aromatic heterocycles. The Morgan fingerprint density at radius 1 is 0.574 bits per heavy atom. The molecular weight excluding hydrogens is 1030 g/mol. The number of ether oxygens (including phenoxy) is 1. The van der Waals surface area contributed by atoms with Gasteiger partial charge in [0.25, 0.3) is 6.33 Å². The molecule has 4 heterocycles. The SMILES string of the molecule is CC(C)(C)c1ccnc(-n2c3[c-]c(Oc4[c-]c(-n5[c-][n+](-c6c([Si](C)(C)c7ccccc7)ccc7c8ccccc8n(-c8ccccc8)c67)c6ccccc65)ccc4)ccc3c3ccccc32)c1.[Pt]. The quantitative estimate of drug-likeness (QED) is 0.0864. The molecule has 0 radical (unpaired) electrons. The number of rotatable bonds is 8. The van der Waals surface area contributed by atoms with E-state index >= 15 is 0 Å². The minimum absolute atomic E-state index is 0. The van der Waals surface area contributed by atoms with Crippen LogP contribution in [0.1, 0.15) is 26.3 Å². The Labute approximate surface area is 411 Å². The Balaban J connectivity index is 0.00000507. The van der Waals surface area contributed by atoms with Gasteiger partial charge in [-0.3, -0.25) is 4.57 Å². The Morgan fingerprint density at radius 2 is 1.21 bits per heavy atom. The zero-order valence-corrected chi connectivity index (χ0v) is 41.7. The maximum Gasteiger partial charge on any atom is 0.268 e. The van der Waals surface area contributed by atoms with Crippen LogP contribution in [0.3, 0.4) is 0 Å². The van der Waals surface area contributed by atoms with Gasteiger partial charge >= 0.3 is 0 Å². The molecule has 0 saturated carbocycles. The Kier molecular flexibility index (Phi) is 10.7. The summed E-state index contributed by atoms with van der Waals surface area (Å²) in [6, 6.07) is 74.0. The minimum Gasteiger partial charge on any atom is -0.510 e. The van der Waals surface area contributed by atoms with Gasteiger partial charge in [-0.2, -0.15) is 18.2 Å². The molecule has 12 rings (SSSR count). The van der Waals surface area contributed by atoms with Crippen LogP contribution in [0.2, 0.25) is 13.1 Å². The van der Waals surface area contributed by atoms with E-state index in [-0.39, 0.29) is 26.5 Å². The summed E-state index contributed by atoms with van der Waals surface area (Å²) in [6.45, 7) is 11.6. The number of para-hydroxylation sites is 5. The fourth-order valence-electron chi connectivity index (χ4n) is 9.95. The van der Waals surface area contributed by atoms with Crippen molar-refractivity contribution in [2.75, 3.05) is 0 Å². The van der Waals surface area contributed by atoms with Gasteiger partial charge in [0.1, 0.15) is 13.9 Å². The Bertz CT molecular complexity index is 3860. The van der Waals surface area contributed by atoms with Crippen molar-refractivity contribution in [2.45, 2.75) is 39.3 Å². The number of imidazole rings is 1. The molecule has 0 amide bonds. The molecule has 0 bridgehead atoms. The normalized spacial score (nSPS) is 12.1. The van der Waals surface area contributed by atoms with Crippen molar-refractivity contribution in [2.24, 2.45) is 0 Å². The van der Waals surface area contributed by atoms with Crippen molar-refractivity contribution in [3.8, 4) is 34.4 Å². The molecular formula is C60H47N5OPtSi-2. The average molecular weight is 1080 g/mol. The van der Waals surface area contributed by atoms with Crippen LogP contribution in [0.4, 0.5) is 0 Å². The Morgan fingerprint density at radius 3 is 1.96 bits per heavy atom. The molecule has 334 valence electrons. The summed E-state index contributed by atoms with van der Waals surface area (Å²) in [5, 5.41) is 7.31. The van der Waals surface area contributed by atoms with Crippen molar-refractivity contribution in [1.29, 1.82) is 0 Å². The van der Waals surface area contributed by atoms with Crippen molar-refractivity contribution in [3.63, 3.8) is 0 Å². The molecule has 0 fully saturated rings. The molecule has 68 heavy (non-hydrogen) atoms. The van der Waals surface area contributed by atoms with Gasteiger partial charge in [-0.05, 0) is 63.6 Å². The molecule has 6 nitrogen and oxygen atoms in total. The van der Waals surface area contributed by atoms with Crippen molar-refractivity contribution in [3.05, 3.63) is 218 Å². The summed E-state index contributed by atoms with van der Waals surface area (Å²) in [7, 11) is -2.35. The molecule has 8 heteroatoms. The van der Waals surface area contributed by atoms with E-state index in [1.54, 1.807) is 0 Å². The van der Waals surface area contributed by atoms with E-state index in [0.717, 1.165) is 66.8 Å². The number of hydrogen-bond acceptors (Lipinski definition) is 2. The predicted molar refractivity (Wildman–Crippen MR) is 276 cm³/mol. The number of nitrogens with zero attached hydrogens (tertiary/aromatic N) is 5. The number of hydrogen-bond donors (Lipinski definition) is 0. The summed E-state index contributed by atoms with van der Waals surface area (Å²) in [5.74, 6) is 2.01. The van der Waals surface area contributed by atoms with E-state index in [4.69, 9.17) is 9.72 Å². The van der Waals surface area contributed by atoms with E-state index < -0.39 is 8.07 Å². The Hall–Kier alpha value is -7.31. The second-order valence-electron chi connectivity index (χ2n) is 18.9.